The maximum absolute atomic E-state index is 9.10. The van der Waals surface area contributed by atoms with Crippen molar-refractivity contribution in [1.29, 1.82) is 5.26 Å². The minimum absolute atomic E-state index is 0.270. The number of nitrogens with zero attached hydrogens (tertiary/aromatic N) is 2. The van der Waals surface area contributed by atoms with E-state index in [0.29, 0.717) is 5.92 Å². The number of likely N-dealkylation sites (tertiary alicyclic amines) is 1. The molecule has 2 nitrogen and oxygen atoms in total. The Morgan fingerprint density at radius 3 is 2.76 bits per heavy atom. The summed E-state index contributed by atoms with van der Waals surface area (Å²) in [6, 6.07) is 13.1. The van der Waals surface area contributed by atoms with Gasteiger partial charge in [-0.2, -0.15) is 5.26 Å². The minimum atomic E-state index is 0.270. The molecule has 17 heavy (non-hydrogen) atoms. The van der Waals surface area contributed by atoms with Gasteiger partial charge in [-0.05, 0) is 24.4 Å². The summed E-state index contributed by atoms with van der Waals surface area (Å²) in [6.07, 6.45) is 2.14. The third kappa shape index (κ3) is 3.08. The van der Waals surface area contributed by atoms with Crippen molar-refractivity contribution in [3.63, 3.8) is 0 Å². The number of hydrogen-bond donors (Lipinski definition) is 0. The van der Waals surface area contributed by atoms with Crippen LogP contribution in [0, 0.1) is 23.2 Å². The first-order chi connectivity index (χ1) is 8.33. The summed E-state index contributed by atoms with van der Waals surface area (Å²) in [7, 11) is 0. The van der Waals surface area contributed by atoms with Crippen molar-refractivity contribution >= 4 is 0 Å². The predicted octanol–water partition coefficient (Wildman–Crippen LogP) is 3.06. The number of benzene rings is 1. The molecule has 1 heterocycles. The third-order valence-corrected chi connectivity index (χ3v) is 3.76. The second kappa shape index (κ2) is 5.84. The smallest absolute Gasteiger partial charge is 0.0659 e. The summed E-state index contributed by atoms with van der Waals surface area (Å²) in [5.41, 5.74) is 1.37. The molecule has 1 saturated heterocycles. The van der Waals surface area contributed by atoms with E-state index in [1.165, 1.54) is 5.56 Å². The van der Waals surface area contributed by atoms with Crippen LogP contribution in [0.15, 0.2) is 30.3 Å². The van der Waals surface area contributed by atoms with Gasteiger partial charge in [-0.25, -0.2) is 0 Å². The Balaban J connectivity index is 1.94. The van der Waals surface area contributed by atoms with Gasteiger partial charge >= 0.3 is 0 Å². The van der Waals surface area contributed by atoms with Crippen LogP contribution in [0.2, 0.25) is 0 Å². The number of rotatable bonds is 3. The lowest BCUT2D eigenvalue weighted by Crippen LogP contribution is -2.39. The SMILES string of the molecule is CC[C@H]1CN(Cc2ccccc2)CC[C@H]1C#N. The van der Waals surface area contributed by atoms with Crippen LogP contribution >= 0.6 is 0 Å². The Hall–Kier alpha value is -1.33. The van der Waals surface area contributed by atoms with E-state index in [0.717, 1.165) is 32.5 Å². The molecule has 1 fully saturated rings. The molecule has 0 radical (unpaired) electrons. The van der Waals surface area contributed by atoms with Crippen LogP contribution < -0.4 is 0 Å². The number of nitriles is 1. The molecule has 0 spiro atoms. The summed E-state index contributed by atoms with van der Waals surface area (Å²) in [4.78, 5) is 2.48. The van der Waals surface area contributed by atoms with Gasteiger partial charge in [0.25, 0.3) is 0 Å². The molecule has 0 saturated carbocycles. The van der Waals surface area contributed by atoms with Gasteiger partial charge in [-0.15, -0.1) is 0 Å². The predicted molar refractivity (Wildman–Crippen MR) is 69.2 cm³/mol. The zero-order chi connectivity index (χ0) is 12.1. The van der Waals surface area contributed by atoms with Crippen molar-refractivity contribution in [2.45, 2.75) is 26.3 Å². The first kappa shape index (κ1) is 12.1. The summed E-state index contributed by atoms with van der Waals surface area (Å²) < 4.78 is 0. The Kier molecular flexibility index (Phi) is 4.17. The quantitative estimate of drug-likeness (QED) is 0.795. The zero-order valence-corrected chi connectivity index (χ0v) is 10.5. The van der Waals surface area contributed by atoms with Crippen molar-refractivity contribution in [3.8, 4) is 6.07 Å². The van der Waals surface area contributed by atoms with Gasteiger partial charge in [0.15, 0.2) is 0 Å². The summed E-state index contributed by atoms with van der Waals surface area (Å²) >= 11 is 0. The average molecular weight is 228 g/mol. The lowest BCUT2D eigenvalue weighted by atomic mass is 9.85. The van der Waals surface area contributed by atoms with Gasteiger partial charge in [-0.1, -0.05) is 43.7 Å². The topological polar surface area (TPSA) is 27.0 Å². The molecule has 2 heteroatoms. The second-order valence-electron chi connectivity index (χ2n) is 4.91. The van der Waals surface area contributed by atoms with Gasteiger partial charge in [0.2, 0.25) is 0 Å². The summed E-state index contributed by atoms with van der Waals surface area (Å²) in [5.74, 6) is 0.824. The summed E-state index contributed by atoms with van der Waals surface area (Å²) in [6.45, 7) is 5.35. The molecule has 1 aliphatic rings. The molecule has 1 aromatic rings. The highest BCUT2D eigenvalue weighted by Gasteiger charge is 2.27. The maximum Gasteiger partial charge on any atom is 0.0659 e. The number of piperidine rings is 1. The molecule has 0 bridgehead atoms. The van der Waals surface area contributed by atoms with E-state index in [1.807, 2.05) is 0 Å². The highest BCUT2D eigenvalue weighted by Crippen LogP contribution is 2.26. The largest absolute Gasteiger partial charge is 0.299 e. The van der Waals surface area contributed by atoms with Crippen molar-refractivity contribution in [2.24, 2.45) is 11.8 Å². The van der Waals surface area contributed by atoms with Crippen LogP contribution in [0.4, 0.5) is 0 Å². The van der Waals surface area contributed by atoms with Gasteiger partial charge in [0, 0.05) is 13.1 Å². The van der Waals surface area contributed by atoms with Crippen LogP contribution in [0.25, 0.3) is 0 Å². The average Bonchev–Trinajstić information content (AvgIpc) is 2.40. The molecule has 2 rings (SSSR count). The van der Waals surface area contributed by atoms with Crippen LogP contribution in [0.5, 0.6) is 0 Å². The highest BCUT2D eigenvalue weighted by molar-refractivity contribution is 5.14. The Bertz CT molecular complexity index is 380. The van der Waals surface area contributed by atoms with Crippen LogP contribution in [0.1, 0.15) is 25.3 Å². The molecule has 0 amide bonds. The fourth-order valence-corrected chi connectivity index (χ4v) is 2.68. The van der Waals surface area contributed by atoms with E-state index in [9.17, 15) is 0 Å². The van der Waals surface area contributed by atoms with E-state index in [-0.39, 0.29) is 5.92 Å². The lowest BCUT2D eigenvalue weighted by Gasteiger charge is -2.35. The molecule has 1 aromatic carbocycles. The van der Waals surface area contributed by atoms with E-state index in [4.69, 9.17) is 5.26 Å². The standard InChI is InChI=1S/C15H20N2/c1-2-14-12-17(9-8-15(14)10-16)11-13-6-4-3-5-7-13/h3-7,14-15H,2,8-9,11-12H2,1H3/t14-,15-/m0/s1. The maximum atomic E-state index is 9.10. The monoisotopic (exact) mass is 228 g/mol. The van der Waals surface area contributed by atoms with Crippen LogP contribution in [-0.2, 0) is 6.54 Å². The first-order valence-corrected chi connectivity index (χ1v) is 6.49. The van der Waals surface area contributed by atoms with Gasteiger partial charge in [-0.3, -0.25) is 4.90 Å². The van der Waals surface area contributed by atoms with Crippen LogP contribution in [-0.4, -0.2) is 18.0 Å². The highest BCUT2D eigenvalue weighted by atomic mass is 15.1. The minimum Gasteiger partial charge on any atom is -0.299 e. The second-order valence-corrected chi connectivity index (χ2v) is 4.91. The normalized spacial score (nSPS) is 25.4. The molecule has 0 unspecified atom stereocenters. The van der Waals surface area contributed by atoms with Crippen molar-refractivity contribution in [3.05, 3.63) is 35.9 Å². The van der Waals surface area contributed by atoms with E-state index < -0.39 is 0 Å². The van der Waals surface area contributed by atoms with Gasteiger partial charge < -0.3 is 0 Å². The van der Waals surface area contributed by atoms with E-state index in [1.54, 1.807) is 0 Å². The van der Waals surface area contributed by atoms with Crippen molar-refractivity contribution < 1.29 is 0 Å². The Morgan fingerprint density at radius 1 is 1.35 bits per heavy atom. The molecular weight excluding hydrogens is 208 g/mol. The fourth-order valence-electron chi connectivity index (χ4n) is 2.68. The third-order valence-electron chi connectivity index (χ3n) is 3.76. The van der Waals surface area contributed by atoms with Crippen molar-refractivity contribution in [2.75, 3.05) is 13.1 Å². The molecule has 2 atom stereocenters. The Morgan fingerprint density at radius 2 is 2.12 bits per heavy atom. The van der Waals surface area contributed by atoms with E-state index in [2.05, 4.69) is 48.2 Å². The van der Waals surface area contributed by atoms with E-state index >= 15 is 0 Å². The first-order valence-electron chi connectivity index (χ1n) is 6.49. The van der Waals surface area contributed by atoms with Gasteiger partial charge in [0.1, 0.15) is 0 Å². The molecule has 0 aromatic heterocycles. The molecular formula is C15H20N2. The molecule has 1 aliphatic heterocycles. The lowest BCUT2D eigenvalue weighted by molar-refractivity contribution is 0.135. The molecule has 0 aliphatic carbocycles. The van der Waals surface area contributed by atoms with Crippen LogP contribution in [0.3, 0.4) is 0 Å². The fraction of sp³-hybridized carbons (Fsp3) is 0.533. The van der Waals surface area contributed by atoms with Gasteiger partial charge in [0.05, 0.1) is 12.0 Å². The number of hydrogen-bond acceptors (Lipinski definition) is 2. The Labute approximate surface area is 104 Å². The van der Waals surface area contributed by atoms with Crippen molar-refractivity contribution in [1.82, 2.24) is 4.90 Å². The summed E-state index contributed by atoms with van der Waals surface area (Å²) in [5, 5.41) is 9.10. The molecule has 0 N–H and O–H groups in total. The molecule has 90 valence electrons. The zero-order valence-electron chi connectivity index (χ0n) is 10.5.